The van der Waals surface area contributed by atoms with E-state index in [2.05, 4.69) is 5.32 Å². The van der Waals surface area contributed by atoms with E-state index in [1.165, 1.54) is 19.1 Å². The highest BCUT2D eigenvalue weighted by molar-refractivity contribution is 5.95. The molecule has 0 radical (unpaired) electrons. The third kappa shape index (κ3) is 5.20. The average molecular weight is 344 g/mol. The van der Waals surface area contributed by atoms with Gasteiger partial charge in [0.15, 0.2) is 5.78 Å². The summed E-state index contributed by atoms with van der Waals surface area (Å²) in [6.45, 7) is 4.60. The largest absolute Gasteiger partial charge is 0.494 e. The second-order valence-corrected chi connectivity index (χ2v) is 5.22. The number of nitro groups is 1. The molecule has 2 aromatic rings. The third-order valence-electron chi connectivity index (χ3n) is 3.42. The molecule has 0 atom stereocenters. The maximum Gasteiger partial charge on any atom is 0.293 e. The monoisotopic (exact) mass is 344 g/mol. The van der Waals surface area contributed by atoms with Gasteiger partial charge in [0.1, 0.15) is 23.8 Å². The Morgan fingerprint density at radius 2 is 1.76 bits per heavy atom. The number of anilines is 1. The molecule has 0 aliphatic carbocycles. The quantitative estimate of drug-likeness (QED) is 0.323. The van der Waals surface area contributed by atoms with Gasteiger partial charge in [-0.2, -0.15) is 0 Å². The number of hydrogen-bond acceptors (Lipinski definition) is 6. The highest BCUT2D eigenvalue weighted by Gasteiger charge is 2.15. The predicted octanol–water partition coefficient (Wildman–Crippen LogP) is 3.69. The van der Waals surface area contributed by atoms with Crippen molar-refractivity contribution in [2.75, 3.05) is 25.1 Å². The zero-order valence-electron chi connectivity index (χ0n) is 14.2. The molecule has 1 N–H and O–H groups in total. The fraction of sp³-hybridized carbons (Fsp3) is 0.278. The summed E-state index contributed by atoms with van der Waals surface area (Å²) < 4.78 is 10.9. The summed E-state index contributed by atoms with van der Waals surface area (Å²) in [6, 6.07) is 11.6. The summed E-state index contributed by atoms with van der Waals surface area (Å²) in [5, 5.41) is 14.1. The van der Waals surface area contributed by atoms with E-state index in [1.54, 1.807) is 18.2 Å². The van der Waals surface area contributed by atoms with Crippen LogP contribution in [0.5, 0.6) is 11.5 Å². The number of hydrogen-bond donors (Lipinski definition) is 1. The molecule has 2 aromatic carbocycles. The second kappa shape index (κ2) is 8.68. The van der Waals surface area contributed by atoms with Crippen molar-refractivity contribution < 1.29 is 19.2 Å². The Bertz CT molecular complexity index is 744. The molecule has 7 heteroatoms. The molecule has 0 saturated carbocycles. The molecule has 0 aliphatic rings. The smallest absolute Gasteiger partial charge is 0.293 e. The van der Waals surface area contributed by atoms with Crippen LogP contribution in [0.4, 0.5) is 11.4 Å². The van der Waals surface area contributed by atoms with E-state index < -0.39 is 4.92 Å². The molecule has 0 aliphatic heterocycles. The topological polar surface area (TPSA) is 90.7 Å². The Morgan fingerprint density at radius 3 is 2.32 bits per heavy atom. The number of nitro benzene ring substituents is 1. The van der Waals surface area contributed by atoms with Gasteiger partial charge in [-0.1, -0.05) is 0 Å². The number of nitrogens with zero attached hydrogens (tertiary/aromatic N) is 1. The Morgan fingerprint density at radius 1 is 1.12 bits per heavy atom. The molecule has 0 heterocycles. The van der Waals surface area contributed by atoms with E-state index in [4.69, 9.17) is 9.47 Å². The van der Waals surface area contributed by atoms with Crippen molar-refractivity contribution >= 4 is 17.2 Å². The number of ether oxygens (including phenoxy) is 2. The highest BCUT2D eigenvalue weighted by Crippen LogP contribution is 2.25. The third-order valence-corrected chi connectivity index (χ3v) is 3.42. The molecule has 2 rings (SSSR count). The summed E-state index contributed by atoms with van der Waals surface area (Å²) >= 11 is 0. The van der Waals surface area contributed by atoms with Crippen molar-refractivity contribution in [2.24, 2.45) is 0 Å². The van der Waals surface area contributed by atoms with E-state index in [9.17, 15) is 14.9 Å². The minimum atomic E-state index is -0.512. The molecule has 0 spiro atoms. The van der Waals surface area contributed by atoms with Gasteiger partial charge in [-0.15, -0.1) is 0 Å². The summed E-state index contributed by atoms with van der Waals surface area (Å²) in [5.41, 5.74) is 0.530. The Labute approximate surface area is 145 Å². The van der Waals surface area contributed by atoms with E-state index in [1.807, 2.05) is 19.1 Å². The van der Waals surface area contributed by atoms with E-state index in [0.717, 1.165) is 5.75 Å². The Kier molecular flexibility index (Phi) is 6.33. The summed E-state index contributed by atoms with van der Waals surface area (Å²) in [4.78, 5) is 22.0. The molecule has 0 unspecified atom stereocenters. The molecule has 132 valence electrons. The van der Waals surface area contributed by atoms with Crippen LogP contribution in [0.1, 0.15) is 24.2 Å². The molecule has 0 saturated heterocycles. The highest BCUT2D eigenvalue weighted by atomic mass is 16.6. The van der Waals surface area contributed by atoms with Crippen LogP contribution in [0.2, 0.25) is 0 Å². The lowest BCUT2D eigenvalue weighted by Gasteiger charge is -2.10. The fourth-order valence-electron chi connectivity index (χ4n) is 2.20. The molecule has 7 nitrogen and oxygen atoms in total. The van der Waals surface area contributed by atoms with E-state index in [0.29, 0.717) is 36.8 Å². The number of nitrogens with one attached hydrogen (secondary N) is 1. The summed E-state index contributed by atoms with van der Waals surface area (Å²) in [7, 11) is 0. The molecule has 0 aromatic heterocycles. The first-order chi connectivity index (χ1) is 12.0. The minimum Gasteiger partial charge on any atom is -0.494 e. The second-order valence-electron chi connectivity index (χ2n) is 5.22. The van der Waals surface area contributed by atoms with Gasteiger partial charge in [0.05, 0.1) is 11.5 Å². The lowest BCUT2D eigenvalue weighted by atomic mass is 10.1. The lowest BCUT2D eigenvalue weighted by molar-refractivity contribution is -0.384. The average Bonchev–Trinajstić information content (AvgIpc) is 2.60. The van der Waals surface area contributed by atoms with Crippen LogP contribution in [0, 0.1) is 10.1 Å². The first-order valence-electron chi connectivity index (χ1n) is 7.90. The van der Waals surface area contributed by atoms with Gasteiger partial charge in [0.2, 0.25) is 0 Å². The molecule has 0 fully saturated rings. The van der Waals surface area contributed by atoms with Crippen LogP contribution < -0.4 is 14.8 Å². The first-order valence-corrected chi connectivity index (χ1v) is 7.90. The molecular weight excluding hydrogens is 324 g/mol. The standard InChI is InChI=1S/C18H20N2O5/c1-3-24-15-5-7-16(8-6-15)25-11-10-19-17-9-4-14(13(2)21)12-18(17)20(22)23/h4-9,12,19H,3,10-11H2,1-2H3. The van der Waals surface area contributed by atoms with Crippen molar-refractivity contribution in [3.8, 4) is 11.5 Å². The fourth-order valence-corrected chi connectivity index (χ4v) is 2.20. The summed E-state index contributed by atoms with van der Waals surface area (Å²) in [6.07, 6.45) is 0. The normalized spacial score (nSPS) is 10.2. The van der Waals surface area contributed by atoms with Gasteiger partial charge in [-0.05, 0) is 50.2 Å². The van der Waals surface area contributed by atoms with Gasteiger partial charge in [-0.3, -0.25) is 14.9 Å². The van der Waals surface area contributed by atoms with Gasteiger partial charge >= 0.3 is 0 Å². The first kappa shape index (κ1) is 18.3. The van der Waals surface area contributed by atoms with Gasteiger partial charge in [0.25, 0.3) is 5.69 Å². The lowest BCUT2D eigenvalue weighted by Crippen LogP contribution is -2.12. The number of benzene rings is 2. The van der Waals surface area contributed by atoms with Crippen molar-refractivity contribution in [1.29, 1.82) is 0 Å². The molecule has 0 amide bonds. The van der Waals surface area contributed by atoms with Crippen molar-refractivity contribution in [1.82, 2.24) is 0 Å². The zero-order valence-corrected chi connectivity index (χ0v) is 14.2. The van der Waals surface area contributed by atoms with Crippen LogP contribution in [-0.2, 0) is 0 Å². The van der Waals surface area contributed by atoms with Crippen molar-refractivity contribution in [3.05, 3.63) is 58.1 Å². The van der Waals surface area contributed by atoms with Crippen LogP contribution in [0.25, 0.3) is 0 Å². The van der Waals surface area contributed by atoms with Crippen molar-refractivity contribution in [2.45, 2.75) is 13.8 Å². The Hall–Kier alpha value is -3.09. The van der Waals surface area contributed by atoms with Crippen LogP contribution in [0.3, 0.4) is 0 Å². The number of rotatable bonds is 9. The maximum atomic E-state index is 11.3. The molecule has 25 heavy (non-hydrogen) atoms. The number of carbonyl (C=O) groups excluding carboxylic acids is 1. The van der Waals surface area contributed by atoms with E-state index in [-0.39, 0.29) is 11.5 Å². The summed E-state index contributed by atoms with van der Waals surface area (Å²) in [5.74, 6) is 1.24. The van der Waals surface area contributed by atoms with Gasteiger partial charge < -0.3 is 14.8 Å². The Balaban J connectivity index is 1.90. The molecular formula is C18H20N2O5. The van der Waals surface area contributed by atoms with Gasteiger partial charge in [-0.25, -0.2) is 0 Å². The predicted molar refractivity (Wildman–Crippen MR) is 94.7 cm³/mol. The van der Waals surface area contributed by atoms with Crippen LogP contribution >= 0.6 is 0 Å². The minimum absolute atomic E-state index is 0.131. The SMILES string of the molecule is CCOc1ccc(OCCNc2ccc(C(C)=O)cc2[N+](=O)[O-])cc1. The van der Waals surface area contributed by atoms with Gasteiger partial charge in [0, 0.05) is 18.2 Å². The van der Waals surface area contributed by atoms with Crippen LogP contribution in [0.15, 0.2) is 42.5 Å². The number of carbonyl (C=O) groups is 1. The van der Waals surface area contributed by atoms with Crippen molar-refractivity contribution in [3.63, 3.8) is 0 Å². The number of ketones is 1. The maximum absolute atomic E-state index is 11.3. The van der Waals surface area contributed by atoms with E-state index >= 15 is 0 Å². The van der Waals surface area contributed by atoms with Crippen LogP contribution in [-0.4, -0.2) is 30.5 Å². The number of Topliss-reactive ketones (excluding diaryl/α,β-unsaturated/α-hetero) is 1. The molecule has 0 bridgehead atoms. The zero-order chi connectivity index (χ0) is 18.2.